The van der Waals surface area contributed by atoms with Gasteiger partial charge in [-0.2, -0.15) is 10.2 Å². The number of nitriles is 1. The molecule has 1 fully saturated rings. The molecule has 1 aliphatic heterocycles. The van der Waals surface area contributed by atoms with Gasteiger partial charge in [-0.15, -0.1) is 0 Å². The van der Waals surface area contributed by atoms with E-state index in [2.05, 4.69) is 39.8 Å². The Bertz CT molecular complexity index is 1260. The molecular weight excluding hydrogens is 432 g/mol. The monoisotopic (exact) mass is 462 g/mol. The molecule has 1 saturated heterocycles. The van der Waals surface area contributed by atoms with Crippen molar-refractivity contribution in [3.8, 4) is 17.7 Å². The first-order chi connectivity index (χ1) is 16.3. The summed E-state index contributed by atoms with van der Waals surface area (Å²) < 4.78 is 13.4. The highest BCUT2D eigenvalue weighted by Gasteiger charge is 2.36. The van der Waals surface area contributed by atoms with Crippen LogP contribution in [0.3, 0.4) is 0 Å². The van der Waals surface area contributed by atoms with Crippen molar-refractivity contribution >= 4 is 16.9 Å². The molecule has 0 spiro atoms. The Hall–Kier alpha value is -3.67. The molecule has 0 aliphatic carbocycles. The fourth-order valence-corrected chi connectivity index (χ4v) is 4.44. The van der Waals surface area contributed by atoms with Gasteiger partial charge in [-0.05, 0) is 45.4 Å². The summed E-state index contributed by atoms with van der Waals surface area (Å²) >= 11 is 0. The number of anilines is 1. The van der Waals surface area contributed by atoms with E-state index < -0.39 is 0 Å². The molecule has 0 unspecified atom stereocenters. The maximum absolute atomic E-state index is 12.6. The summed E-state index contributed by atoms with van der Waals surface area (Å²) in [6.07, 6.45) is 3.37. The van der Waals surface area contributed by atoms with Crippen LogP contribution in [-0.2, 0) is 7.05 Å². The molecule has 9 heteroatoms. The summed E-state index contributed by atoms with van der Waals surface area (Å²) in [5.74, 6) is 2.00. The van der Waals surface area contributed by atoms with E-state index in [1.54, 1.807) is 25.4 Å². The van der Waals surface area contributed by atoms with Crippen LogP contribution in [0.1, 0.15) is 46.2 Å². The highest BCUT2D eigenvalue weighted by atomic mass is 16.5. The Morgan fingerprint density at radius 2 is 2.03 bits per heavy atom. The third kappa shape index (κ3) is 4.67. The first kappa shape index (κ1) is 23.5. The molecule has 3 aromatic heterocycles. The number of aryl methyl sites for hydroxylation is 1. The molecule has 1 aliphatic rings. The zero-order valence-electron chi connectivity index (χ0n) is 20.2. The molecule has 0 aromatic carbocycles. The van der Waals surface area contributed by atoms with E-state index in [-0.39, 0.29) is 29.9 Å². The molecule has 4 heterocycles. The first-order valence-corrected chi connectivity index (χ1v) is 11.6. The number of nitrogens with zero attached hydrogens (tertiary/aromatic N) is 6. The Kier molecular flexibility index (Phi) is 6.68. The number of piperidine rings is 1. The van der Waals surface area contributed by atoms with Gasteiger partial charge in [0.25, 0.3) is 0 Å². The third-order valence-electron chi connectivity index (χ3n) is 6.26. The zero-order valence-corrected chi connectivity index (χ0v) is 20.2. The van der Waals surface area contributed by atoms with E-state index in [4.69, 9.17) is 9.47 Å². The second-order valence-corrected chi connectivity index (χ2v) is 9.01. The normalized spacial score (nSPS) is 20.4. The summed E-state index contributed by atoms with van der Waals surface area (Å²) in [5, 5.41) is 9.34. The van der Waals surface area contributed by atoms with Gasteiger partial charge in [-0.25, -0.2) is 14.8 Å². The van der Waals surface area contributed by atoms with Crippen molar-refractivity contribution in [3.63, 3.8) is 0 Å². The van der Waals surface area contributed by atoms with Crippen LogP contribution >= 0.6 is 0 Å². The van der Waals surface area contributed by atoms with Gasteiger partial charge in [0, 0.05) is 38.0 Å². The van der Waals surface area contributed by atoms with Crippen LogP contribution in [0.15, 0.2) is 35.3 Å². The molecule has 0 N–H and O–H groups in total. The van der Waals surface area contributed by atoms with Crippen molar-refractivity contribution in [1.29, 1.82) is 5.26 Å². The number of aromatic nitrogens is 4. The summed E-state index contributed by atoms with van der Waals surface area (Å²) in [4.78, 5) is 28.0. The predicted octanol–water partition coefficient (Wildman–Crippen LogP) is 3.45. The van der Waals surface area contributed by atoms with Crippen molar-refractivity contribution < 1.29 is 9.47 Å². The maximum Gasteiger partial charge on any atom is 0.349 e. The number of rotatable bonds is 6. The molecule has 4 rings (SSSR count). The van der Waals surface area contributed by atoms with E-state index >= 15 is 0 Å². The second-order valence-electron chi connectivity index (χ2n) is 9.01. The Morgan fingerprint density at radius 3 is 2.68 bits per heavy atom. The number of pyridine rings is 2. The van der Waals surface area contributed by atoms with E-state index in [1.807, 2.05) is 26.0 Å². The van der Waals surface area contributed by atoms with Crippen LogP contribution < -0.4 is 20.1 Å². The number of hydrogen-bond donors (Lipinski definition) is 0. The van der Waals surface area contributed by atoms with Crippen molar-refractivity contribution in [2.24, 2.45) is 13.0 Å². The van der Waals surface area contributed by atoms with Gasteiger partial charge in [0.05, 0.1) is 17.8 Å². The van der Waals surface area contributed by atoms with Crippen LogP contribution in [0, 0.1) is 17.2 Å². The summed E-state index contributed by atoms with van der Waals surface area (Å²) in [5.41, 5.74) is 1.16. The highest BCUT2D eigenvalue weighted by molar-refractivity contribution is 5.86. The SMILES string of the molecule is CC[C@H]1CN(c2nc(=O)n(C)c3ccc(C#N)nc23)[C@@H](C)C[C@H]1Oc1ccc(OC(C)C)cn1. The number of fused-ring (bicyclic) bond motifs is 1. The molecule has 9 nitrogen and oxygen atoms in total. The molecule has 0 saturated carbocycles. The minimum atomic E-state index is -0.347. The number of hydrogen-bond acceptors (Lipinski definition) is 8. The molecule has 0 radical (unpaired) electrons. The van der Waals surface area contributed by atoms with Crippen molar-refractivity contribution in [2.45, 2.75) is 58.8 Å². The van der Waals surface area contributed by atoms with E-state index in [1.165, 1.54) is 4.57 Å². The van der Waals surface area contributed by atoms with Gasteiger partial charge in [-0.1, -0.05) is 6.92 Å². The predicted molar refractivity (Wildman–Crippen MR) is 129 cm³/mol. The van der Waals surface area contributed by atoms with Gasteiger partial charge < -0.3 is 14.4 Å². The van der Waals surface area contributed by atoms with Crippen molar-refractivity contribution in [2.75, 3.05) is 11.4 Å². The lowest BCUT2D eigenvalue weighted by molar-refractivity contribution is 0.0908. The quantitative estimate of drug-likeness (QED) is 0.548. The molecular formula is C25H30N6O3. The molecule has 3 atom stereocenters. The van der Waals surface area contributed by atoms with E-state index in [9.17, 15) is 10.1 Å². The van der Waals surface area contributed by atoms with Crippen LogP contribution in [0.5, 0.6) is 11.6 Å². The Labute approximate surface area is 199 Å². The van der Waals surface area contributed by atoms with Crippen LogP contribution in [0.2, 0.25) is 0 Å². The summed E-state index contributed by atoms with van der Waals surface area (Å²) in [6, 6.07) is 9.21. The van der Waals surface area contributed by atoms with Gasteiger partial charge >= 0.3 is 5.69 Å². The van der Waals surface area contributed by atoms with Crippen molar-refractivity contribution in [1.82, 2.24) is 19.5 Å². The van der Waals surface area contributed by atoms with E-state index in [0.717, 1.165) is 12.8 Å². The zero-order chi connectivity index (χ0) is 24.4. The summed E-state index contributed by atoms with van der Waals surface area (Å²) in [7, 11) is 1.66. The van der Waals surface area contributed by atoms with Crippen LogP contribution in [0.4, 0.5) is 5.82 Å². The standard InChI is InChI=1S/C25H30N6O3/c1-6-17-14-31(24-23-20(30(5)25(32)29-24)9-7-18(12-26)28-23)16(4)11-21(17)34-22-10-8-19(13-27-22)33-15(2)3/h7-10,13,15-17,21H,6,11,14H2,1-5H3/t16-,17-,21+/m0/s1. The third-order valence-corrected chi connectivity index (χ3v) is 6.26. The second kappa shape index (κ2) is 9.67. The smallest absolute Gasteiger partial charge is 0.349 e. The molecule has 0 amide bonds. The average Bonchev–Trinajstić information content (AvgIpc) is 2.82. The fraction of sp³-hybridized carbons (Fsp3) is 0.480. The topological polar surface area (TPSA) is 106 Å². The lowest BCUT2D eigenvalue weighted by Gasteiger charge is -2.43. The molecule has 178 valence electrons. The lowest BCUT2D eigenvalue weighted by atomic mass is 9.88. The number of ether oxygens (including phenoxy) is 2. The van der Waals surface area contributed by atoms with Gasteiger partial charge in [0.1, 0.15) is 29.1 Å². The van der Waals surface area contributed by atoms with Gasteiger partial charge in [0.15, 0.2) is 5.82 Å². The lowest BCUT2D eigenvalue weighted by Crippen LogP contribution is -2.51. The van der Waals surface area contributed by atoms with Crippen LogP contribution in [0.25, 0.3) is 11.0 Å². The first-order valence-electron chi connectivity index (χ1n) is 11.6. The molecule has 34 heavy (non-hydrogen) atoms. The van der Waals surface area contributed by atoms with Crippen molar-refractivity contribution in [3.05, 3.63) is 46.6 Å². The van der Waals surface area contributed by atoms with Gasteiger partial charge in [0.2, 0.25) is 5.88 Å². The molecule has 3 aromatic rings. The Balaban J connectivity index is 1.61. The fourth-order valence-electron chi connectivity index (χ4n) is 4.44. The summed E-state index contributed by atoms with van der Waals surface area (Å²) in [6.45, 7) is 8.83. The molecule has 0 bridgehead atoms. The maximum atomic E-state index is 12.6. The largest absolute Gasteiger partial charge is 0.489 e. The minimum Gasteiger partial charge on any atom is -0.489 e. The highest BCUT2D eigenvalue weighted by Crippen LogP contribution is 2.33. The van der Waals surface area contributed by atoms with Crippen LogP contribution in [-0.4, -0.2) is 44.3 Å². The van der Waals surface area contributed by atoms with E-state index in [0.29, 0.717) is 40.7 Å². The Morgan fingerprint density at radius 1 is 1.24 bits per heavy atom. The van der Waals surface area contributed by atoms with Gasteiger partial charge in [-0.3, -0.25) is 4.57 Å². The minimum absolute atomic E-state index is 0.0268. The average molecular weight is 463 g/mol.